The lowest BCUT2D eigenvalue weighted by Gasteiger charge is -2.39. The van der Waals surface area contributed by atoms with Gasteiger partial charge in [-0.15, -0.1) is 0 Å². The summed E-state index contributed by atoms with van der Waals surface area (Å²) in [5.74, 6) is 1.04. The van der Waals surface area contributed by atoms with Crippen LogP contribution < -0.4 is 4.74 Å². The van der Waals surface area contributed by atoms with Crippen molar-refractivity contribution in [2.75, 3.05) is 6.73 Å². The second kappa shape index (κ2) is 3.99. The van der Waals surface area contributed by atoms with Crippen molar-refractivity contribution in [3.63, 3.8) is 0 Å². The molecule has 0 saturated heterocycles. The highest BCUT2D eigenvalue weighted by Crippen LogP contribution is 2.34. The van der Waals surface area contributed by atoms with E-state index in [4.69, 9.17) is 4.74 Å². The minimum absolute atomic E-state index is 0.134. The number of benzene rings is 2. The van der Waals surface area contributed by atoms with E-state index in [2.05, 4.69) is 62.1 Å². The number of hydrogen-bond donors (Lipinski definition) is 0. The van der Waals surface area contributed by atoms with E-state index < -0.39 is 0 Å². The average molecular weight is 241 g/mol. The molecule has 2 heteroatoms. The Bertz CT molecular complexity index is 583. The highest BCUT2D eigenvalue weighted by Gasteiger charge is 2.27. The van der Waals surface area contributed by atoms with Gasteiger partial charge in [-0.2, -0.15) is 0 Å². The average Bonchev–Trinajstić information content (AvgIpc) is 2.37. The minimum Gasteiger partial charge on any atom is -0.478 e. The predicted molar refractivity (Wildman–Crippen MR) is 74.7 cm³/mol. The zero-order valence-electron chi connectivity index (χ0n) is 11.2. The molecule has 0 saturated carbocycles. The summed E-state index contributed by atoms with van der Waals surface area (Å²) in [7, 11) is 0. The molecule has 1 aliphatic heterocycles. The fraction of sp³-hybridized carbons (Fsp3) is 0.375. The topological polar surface area (TPSA) is 12.5 Å². The Kier molecular flexibility index (Phi) is 2.56. The molecule has 0 aliphatic carbocycles. The van der Waals surface area contributed by atoms with Crippen LogP contribution in [-0.2, 0) is 6.54 Å². The summed E-state index contributed by atoms with van der Waals surface area (Å²) in [5.41, 5.74) is 1.45. The zero-order chi connectivity index (χ0) is 12.8. The molecule has 3 rings (SSSR count). The molecule has 0 amide bonds. The number of rotatable bonds is 0. The van der Waals surface area contributed by atoms with Gasteiger partial charge in [-0.05, 0) is 37.6 Å². The van der Waals surface area contributed by atoms with Gasteiger partial charge in [-0.3, -0.25) is 4.90 Å². The monoisotopic (exact) mass is 241 g/mol. The van der Waals surface area contributed by atoms with E-state index in [0.717, 1.165) is 12.3 Å². The van der Waals surface area contributed by atoms with Gasteiger partial charge in [-0.1, -0.05) is 30.3 Å². The molecule has 0 bridgehead atoms. The molecule has 1 heterocycles. The van der Waals surface area contributed by atoms with E-state index in [0.29, 0.717) is 6.73 Å². The van der Waals surface area contributed by atoms with Crippen LogP contribution in [0.25, 0.3) is 10.8 Å². The summed E-state index contributed by atoms with van der Waals surface area (Å²) in [6, 6.07) is 12.8. The third-order valence-electron chi connectivity index (χ3n) is 3.67. The smallest absolute Gasteiger partial charge is 0.142 e. The van der Waals surface area contributed by atoms with Crippen molar-refractivity contribution in [1.82, 2.24) is 4.90 Å². The first-order valence-electron chi connectivity index (χ1n) is 6.44. The van der Waals surface area contributed by atoms with Gasteiger partial charge in [0.25, 0.3) is 0 Å². The highest BCUT2D eigenvalue weighted by atomic mass is 16.5. The van der Waals surface area contributed by atoms with Crippen LogP contribution in [0.15, 0.2) is 36.4 Å². The van der Waals surface area contributed by atoms with E-state index in [1.807, 2.05) is 0 Å². The maximum absolute atomic E-state index is 5.90. The molecule has 94 valence electrons. The molecule has 18 heavy (non-hydrogen) atoms. The first-order chi connectivity index (χ1) is 8.55. The van der Waals surface area contributed by atoms with Gasteiger partial charge in [-0.25, -0.2) is 0 Å². The van der Waals surface area contributed by atoms with Gasteiger partial charge in [0.05, 0.1) is 0 Å². The van der Waals surface area contributed by atoms with Gasteiger partial charge in [0.1, 0.15) is 12.5 Å². The Morgan fingerprint density at radius 2 is 1.83 bits per heavy atom. The molecule has 0 unspecified atom stereocenters. The van der Waals surface area contributed by atoms with E-state index in [-0.39, 0.29) is 5.54 Å². The lowest BCUT2D eigenvalue weighted by Crippen LogP contribution is -2.45. The Morgan fingerprint density at radius 3 is 2.61 bits per heavy atom. The largest absolute Gasteiger partial charge is 0.478 e. The summed E-state index contributed by atoms with van der Waals surface area (Å²) in [6.07, 6.45) is 0. The van der Waals surface area contributed by atoms with Gasteiger partial charge in [0.2, 0.25) is 0 Å². The molecular weight excluding hydrogens is 222 g/mol. The van der Waals surface area contributed by atoms with Crippen LogP contribution in [0.4, 0.5) is 0 Å². The fourth-order valence-electron chi connectivity index (χ4n) is 2.43. The number of fused-ring (bicyclic) bond motifs is 3. The molecule has 0 radical (unpaired) electrons. The Balaban J connectivity index is 2.10. The van der Waals surface area contributed by atoms with Crippen LogP contribution in [0.1, 0.15) is 26.3 Å². The van der Waals surface area contributed by atoms with Crippen LogP contribution in [0.3, 0.4) is 0 Å². The number of nitrogens with zero attached hydrogens (tertiary/aromatic N) is 1. The Hall–Kier alpha value is -1.54. The van der Waals surface area contributed by atoms with Crippen molar-refractivity contribution < 1.29 is 4.74 Å². The van der Waals surface area contributed by atoms with E-state index in [1.54, 1.807) is 0 Å². The maximum Gasteiger partial charge on any atom is 0.142 e. The quantitative estimate of drug-likeness (QED) is 0.695. The van der Waals surface area contributed by atoms with Gasteiger partial charge in [0.15, 0.2) is 0 Å². The lowest BCUT2D eigenvalue weighted by molar-refractivity contribution is 0.0225. The minimum atomic E-state index is 0.134. The van der Waals surface area contributed by atoms with Gasteiger partial charge >= 0.3 is 0 Å². The summed E-state index contributed by atoms with van der Waals surface area (Å²) < 4.78 is 5.90. The third-order valence-corrected chi connectivity index (χ3v) is 3.67. The van der Waals surface area contributed by atoms with Crippen LogP contribution in [0, 0.1) is 0 Å². The summed E-state index contributed by atoms with van der Waals surface area (Å²) >= 11 is 0. The molecule has 0 atom stereocenters. The van der Waals surface area contributed by atoms with Crippen molar-refractivity contribution in [3.05, 3.63) is 42.0 Å². The van der Waals surface area contributed by atoms with E-state index in [9.17, 15) is 0 Å². The van der Waals surface area contributed by atoms with Crippen LogP contribution in [0.2, 0.25) is 0 Å². The summed E-state index contributed by atoms with van der Waals surface area (Å²) in [4.78, 5) is 2.36. The highest BCUT2D eigenvalue weighted by molar-refractivity contribution is 5.87. The molecule has 2 nitrogen and oxygen atoms in total. The Labute approximate surface area is 108 Å². The molecule has 2 aromatic carbocycles. The second-order valence-corrected chi connectivity index (χ2v) is 5.91. The van der Waals surface area contributed by atoms with Crippen LogP contribution >= 0.6 is 0 Å². The van der Waals surface area contributed by atoms with Crippen molar-refractivity contribution in [3.8, 4) is 5.75 Å². The molecule has 0 N–H and O–H groups in total. The van der Waals surface area contributed by atoms with Crippen LogP contribution in [0.5, 0.6) is 5.75 Å². The molecule has 0 fully saturated rings. The summed E-state index contributed by atoms with van der Waals surface area (Å²) in [6.45, 7) is 8.32. The van der Waals surface area contributed by atoms with Crippen molar-refractivity contribution >= 4 is 10.8 Å². The number of ether oxygens (including phenoxy) is 1. The fourth-order valence-corrected chi connectivity index (χ4v) is 2.43. The van der Waals surface area contributed by atoms with E-state index in [1.165, 1.54) is 16.3 Å². The number of hydrogen-bond acceptors (Lipinski definition) is 2. The van der Waals surface area contributed by atoms with Crippen molar-refractivity contribution in [1.29, 1.82) is 0 Å². The maximum atomic E-state index is 5.90. The first-order valence-corrected chi connectivity index (χ1v) is 6.44. The Morgan fingerprint density at radius 1 is 1.06 bits per heavy atom. The third kappa shape index (κ3) is 1.87. The SMILES string of the molecule is CC(C)(C)N1COc2ccc3ccccc3c2C1. The predicted octanol–water partition coefficient (Wildman–Crippen LogP) is 3.79. The molecule has 0 aromatic heterocycles. The molecule has 1 aliphatic rings. The van der Waals surface area contributed by atoms with Crippen molar-refractivity contribution in [2.45, 2.75) is 32.9 Å². The first kappa shape index (κ1) is 11.5. The van der Waals surface area contributed by atoms with Gasteiger partial charge < -0.3 is 4.74 Å². The molecular formula is C16H19NO. The van der Waals surface area contributed by atoms with Crippen LogP contribution in [-0.4, -0.2) is 17.2 Å². The molecule has 0 spiro atoms. The second-order valence-electron chi connectivity index (χ2n) is 5.91. The van der Waals surface area contributed by atoms with Crippen molar-refractivity contribution in [2.24, 2.45) is 0 Å². The standard InChI is InChI=1S/C16H19NO/c1-16(2,3)17-10-14-13-7-5-4-6-12(13)8-9-15(14)18-11-17/h4-9H,10-11H2,1-3H3. The van der Waals surface area contributed by atoms with Gasteiger partial charge in [0, 0.05) is 17.6 Å². The normalized spacial score (nSPS) is 16.4. The summed E-state index contributed by atoms with van der Waals surface area (Å²) in [5, 5.41) is 2.60. The lowest BCUT2D eigenvalue weighted by atomic mass is 9.99. The molecule has 2 aromatic rings. The van der Waals surface area contributed by atoms with E-state index >= 15 is 0 Å². The zero-order valence-corrected chi connectivity index (χ0v) is 11.2.